The number of aryl methyl sites for hydroxylation is 1. The molecule has 1 N–H and O–H groups in total. The van der Waals surface area contributed by atoms with Gasteiger partial charge in [-0.15, -0.1) is 0 Å². The molecule has 1 aliphatic rings. The van der Waals surface area contributed by atoms with E-state index in [2.05, 4.69) is 4.72 Å². The standard InChI is InChI=1S/C13H17FN2O3S/c1-9-3-4-11(14)6-12(9)20(18,19)15-7-10-5-13(17)16(2)8-10/h3-4,6,10,15H,5,7-8H2,1-2H3. The summed E-state index contributed by atoms with van der Waals surface area (Å²) in [4.78, 5) is 12.9. The van der Waals surface area contributed by atoms with Gasteiger partial charge in [-0.3, -0.25) is 4.79 Å². The highest BCUT2D eigenvalue weighted by molar-refractivity contribution is 7.89. The molecular formula is C13H17FN2O3S. The molecule has 1 atom stereocenters. The van der Waals surface area contributed by atoms with Crippen molar-refractivity contribution >= 4 is 15.9 Å². The molecule has 1 aliphatic heterocycles. The summed E-state index contributed by atoms with van der Waals surface area (Å²) < 4.78 is 39.9. The Kier molecular flexibility index (Phi) is 4.10. The van der Waals surface area contributed by atoms with E-state index in [4.69, 9.17) is 0 Å². The van der Waals surface area contributed by atoms with Gasteiger partial charge in [-0.05, 0) is 30.5 Å². The summed E-state index contributed by atoms with van der Waals surface area (Å²) in [6.45, 7) is 2.32. The van der Waals surface area contributed by atoms with Gasteiger partial charge in [0.05, 0.1) is 4.90 Å². The van der Waals surface area contributed by atoms with Gasteiger partial charge in [0, 0.05) is 26.6 Å². The number of nitrogens with one attached hydrogen (secondary N) is 1. The van der Waals surface area contributed by atoms with Crippen molar-refractivity contribution in [2.45, 2.75) is 18.2 Å². The fourth-order valence-corrected chi connectivity index (χ4v) is 3.63. The van der Waals surface area contributed by atoms with Crippen molar-refractivity contribution in [2.24, 2.45) is 5.92 Å². The SMILES string of the molecule is Cc1ccc(F)cc1S(=O)(=O)NCC1CC(=O)N(C)C1. The first-order valence-electron chi connectivity index (χ1n) is 6.29. The molecule has 0 aromatic heterocycles. The second kappa shape index (κ2) is 5.49. The van der Waals surface area contributed by atoms with Crippen LogP contribution in [0.2, 0.25) is 0 Å². The number of halogens is 1. The summed E-state index contributed by atoms with van der Waals surface area (Å²) in [6.07, 6.45) is 0.334. The zero-order valence-corrected chi connectivity index (χ0v) is 12.2. The van der Waals surface area contributed by atoms with Gasteiger partial charge in [0.2, 0.25) is 15.9 Å². The number of amides is 1. The maximum absolute atomic E-state index is 13.2. The molecule has 1 fully saturated rings. The lowest BCUT2D eigenvalue weighted by Crippen LogP contribution is -2.31. The molecular weight excluding hydrogens is 283 g/mol. The molecule has 0 aliphatic carbocycles. The van der Waals surface area contributed by atoms with Gasteiger partial charge in [0.25, 0.3) is 0 Å². The van der Waals surface area contributed by atoms with Gasteiger partial charge in [-0.2, -0.15) is 0 Å². The lowest BCUT2D eigenvalue weighted by Gasteiger charge is -2.13. The highest BCUT2D eigenvalue weighted by atomic mass is 32.2. The summed E-state index contributed by atoms with van der Waals surface area (Å²) in [5.74, 6) is -0.626. The summed E-state index contributed by atoms with van der Waals surface area (Å²) in [7, 11) is -2.07. The minimum Gasteiger partial charge on any atom is -0.345 e. The number of carbonyl (C=O) groups excluding carboxylic acids is 1. The highest BCUT2D eigenvalue weighted by Crippen LogP contribution is 2.18. The molecule has 7 heteroatoms. The lowest BCUT2D eigenvalue weighted by atomic mass is 10.1. The predicted octanol–water partition coefficient (Wildman–Crippen LogP) is 0.891. The van der Waals surface area contributed by atoms with Crippen molar-refractivity contribution < 1.29 is 17.6 Å². The molecule has 1 aromatic carbocycles. The van der Waals surface area contributed by atoms with E-state index in [1.54, 1.807) is 18.9 Å². The summed E-state index contributed by atoms with van der Waals surface area (Å²) in [5.41, 5.74) is 0.485. The molecule has 1 saturated heterocycles. The molecule has 20 heavy (non-hydrogen) atoms. The Labute approximate surface area is 117 Å². The average molecular weight is 300 g/mol. The van der Waals surface area contributed by atoms with E-state index in [9.17, 15) is 17.6 Å². The molecule has 1 heterocycles. The van der Waals surface area contributed by atoms with E-state index >= 15 is 0 Å². The van der Waals surface area contributed by atoms with Crippen molar-refractivity contribution in [3.63, 3.8) is 0 Å². The van der Waals surface area contributed by atoms with Crippen LogP contribution in [0.25, 0.3) is 0 Å². The van der Waals surface area contributed by atoms with Crippen molar-refractivity contribution in [1.82, 2.24) is 9.62 Å². The number of hydrogen-bond acceptors (Lipinski definition) is 3. The van der Waals surface area contributed by atoms with Gasteiger partial charge >= 0.3 is 0 Å². The first-order valence-corrected chi connectivity index (χ1v) is 7.77. The molecule has 5 nitrogen and oxygen atoms in total. The molecule has 0 bridgehead atoms. The zero-order chi connectivity index (χ0) is 14.9. The van der Waals surface area contributed by atoms with Gasteiger partial charge in [-0.1, -0.05) is 6.07 Å². The maximum Gasteiger partial charge on any atom is 0.240 e. The quantitative estimate of drug-likeness (QED) is 0.898. The third-order valence-electron chi connectivity index (χ3n) is 3.42. The third kappa shape index (κ3) is 3.16. The first kappa shape index (κ1) is 14.9. The Morgan fingerprint density at radius 2 is 2.15 bits per heavy atom. The normalized spacial score (nSPS) is 19.6. The summed E-state index contributed by atoms with van der Waals surface area (Å²) >= 11 is 0. The molecule has 1 unspecified atom stereocenters. The van der Waals surface area contributed by atoms with Gasteiger partial charge < -0.3 is 4.90 Å². The van der Waals surface area contributed by atoms with Crippen molar-refractivity contribution in [2.75, 3.05) is 20.1 Å². The van der Waals surface area contributed by atoms with E-state index in [1.165, 1.54) is 12.1 Å². The smallest absolute Gasteiger partial charge is 0.240 e. The molecule has 2 rings (SSSR count). The number of benzene rings is 1. The fraction of sp³-hybridized carbons (Fsp3) is 0.462. The first-order chi connectivity index (χ1) is 9.29. The van der Waals surface area contributed by atoms with Gasteiger partial charge in [0.1, 0.15) is 5.82 Å². The van der Waals surface area contributed by atoms with E-state index in [1.807, 2.05) is 0 Å². The van der Waals surface area contributed by atoms with Crippen molar-refractivity contribution in [1.29, 1.82) is 0 Å². The molecule has 110 valence electrons. The number of hydrogen-bond donors (Lipinski definition) is 1. The van der Waals surface area contributed by atoms with E-state index < -0.39 is 15.8 Å². The Morgan fingerprint density at radius 3 is 2.75 bits per heavy atom. The van der Waals surface area contributed by atoms with Crippen LogP contribution in [0, 0.1) is 18.7 Å². The van der Waals surface area contributed by atoms with Crippen LogP contribution in [0.4, 0.5) is 4.39 Å². The topological polar surface area (TPSA) is 66.5 Å². The second-order valence-electron chi connectivity index (χ2n) is 5.11. The Bertz CT molecular complexity index is 631. The van der Waals surface area contributed by atoms with Crippen LogP contribution >= 0.6 is 0 Å². The van der Waals surface area contributed by atoms with Crippen LogP contribution in [0.15, 0.2) is 23.1 Å². The monoisotopic (exact) mass is 300 g/mol. The number of rotatable bonds is 4. The second-order valence-corrected chi connectivity index (χ2v) is 6.84. The zero-order valence-electron chi connectivity index (χ0n) is 11.4. The highest BCUT2D eigenvalue weighted by Gasteiger charge is 2.28. The summed E-state index contributed by atoms with van der Waals surface area (Å²) in [5, 5.41) is 0. The number of sulfonamides is 1. The van der Waals surface area contributed by atoms with Crippen molar-refractivity contribution in [3.8, 4) is 0 Å². The number of carbonyl (C=O) groups is 1. The largest absolute Gasteiger partial charge is 0.345 e. The van der Waals surface area contributed by atoms with Crippen LogP contribution < -0.4 is 4.72 Å². The molecule has 1 aromatic rings. The van der Waals surface area contributed by atoms with Crippen LogP contribution in [-0.2, 0) is 14.8 Å². The lowest BCUT2D eigenvalue weighted by molar-refractivity contribution is -0.126. The molecule has 1 amide bonds. The van der Waals surface area contributed by atoms with Crippen LogP contribution in [0.1, 0.15) is 12.0 Å². The van der Waals surface area contributed by atoms with Crippen molar-refractivity contribution in [3.05, 3.63) is 29.6 Å². The Hall–Kier alpha value is -1.47. The molecule has 0 spiro atoms. The van der Waals surface area contributed by atoms with E-state index in [0.29, 0.717) is 18.5 Å². The summed E-state index contributed by atoms with van der Waals surface area (Å²) in [6, 6.07) is 3.65. The minimum atomic E-state index is -3.76. The van der Waals surface area contributed by atoms with Crippen LogP contribution in [0.3, 0.4) is 0 Å². The van der Waals surface area contributed by atoms with Gasteiger partial charge in [-0.25, -0.2) is 17.5 Å². The fourth-order valence-electron chi connectivity index (χ4n) is 2.26. The van der Waals surface area contributed by atoms with Gasteiger partial charge in [0.15, 0.2) is 0 Å². The van der Waals surface area contributed by atoms with Crippen LogP contribution in [0.5, 0.6) is 0 Å². The number of likely N-dealkylation sites (tertiary alicyclic amines) is 1. The Balaban J connectivity index is 2.08. The van der Waals surface area contributed by atoms with Crippen LogP contribution in [-0.4, -0.2) is 39.4 Å². The number of nitrogens with zero attached hydrogens (tertiary/aromatic N) is 1. The minimum absolute atomic E-state index is 0.0103. The maximum atomic E-state index is 13.2. The molecule has 0 radical (unpaired) electrons. The van der Waals surface area contributed by atoms with E-state index in [-0.39, 0.29) is 23.3 Å². The third-order valence-corrected chi connectivity index (χ3v) is 4.99. The predicted molar refractivity (Wildman–Crippen MR) is 72.1 cm³/mol. The van der Waals surface area contributed by atoms with E-state index in [0.717, 1.165) is 6.07 Å². The molecule has 0 saturated carbocycles. The average Bonchev–Trinajstić information content (AvgIpc) is 2.69. The Morgan fingerprint density at radius 1 is 1.45 bits per heavy atom.